The number of aromatic hydroxyl groups is 2. The van der Waals surface area contributed by atoms with Crippen molar-refractivity contribution in [2.45, 2.75) is 32.2 Å². The first-order valence-electron chi connectivity index (χ1n) is 8.21. The number of phenolic OH excluding ortho intramolecular Hbond substituents is 2. The van der Waals surface area contributed by atoms with Crippen LogP contribution in [-0.2, 0) is 12.8 Å². The van der Waals surface area contributed by atoms with Gasteiger partial charge >= 0.3 is 0 Å². The van der Waals surface area contributed by atoms with Crippen LogP contribution in [0, 0.1) is 0 Å². The van der Waals surface area contributed by atoms with Gasteiger partial charge in [0.15, 0.2) is 11.5 Å². The van der Waals surface area contributed by atoms with Gasteiger partial charge in [-0.05, 0) is 54.1 Å². The highest BCUT2D eigenvalue weighted by Crippen LogP contribution is 2.52. The van der Waals surface area contributed by atoms with Crippen LogP contribution in [0.5, 0.6) is 11.5 Å². The van der Waals surface area contributed by atoms with E-state index >= 15 is 0 Å². The van der Waals surface area contributed by atoms with Crippen molar-refractivity contribution in [1.29, 1.82) is 0 Å². The van der Waals surface area contributed by atoms with Crippen LogP contribution < -0.4 is 0 Å². The molecule has 0 amide bonds. The van der Waals surface area contributed by atoms with Gasteiger partial charge in [0.05, 0.1) is 0 Å². The van der Waals surface area contributed by atoms with Crippen LogP contribution in [0.2, 0.25) is 0 Å². The molecule has 0 saturated heterocycles. The summed E-state index contributed by atoms with van der Waals surface area (Å²) in [5.41, 5.74) is 5.68. The molecule has 2 N–H and O–H groups in total. The summed E-state index contributed by atoms with van der Waals surface area (Å²) < 4.78 is 0.876. The first-order chi connectivity index (χ1) is 11.1. The van der Waals surface area contributed by atoms with E-state index in [1.54, 1.807) is 6.07 Å². The van der Waals surface area contributed by atoms with Crippen LogP contribution in [0.3, 0.4) is 0 Å². The highest BCUT2D eigenvalue weighted by molar-refractivity contribution is 9.10. The number of benzene rings is 2. The fourth-order valence-electron chi connectivity index (χ4n) is 4.18. The molecule has 1 atom stereocenters. The molecule has 1 unspecified atom stereocenters. The lowest BCUT2D eigenvalue weighted by atomic mass is 9.76. The van der Waals surface area contributed by atoms with Crippen molar-refractivity contribution in [2.24, 2.45) is 0 Å². The molecule has 2 aromatic carbocycles. The van der Waals surface area contributed by atoms with Gasteiger partial charge in [0.2, 0.25) is 0 Å². The minimum Gasteiger partial charge on any atom is -0.504 e. The predicted molar refractivity (Wildman–Crippen MR) is 94.9 cm³/mol. The van der Waals surface area contributed by atoms with Crippen molar-refractivity contribution in [1.82, 2.24) is 4.90 Å². The first-order valence-corrected chi connectivity index (χ1v) is 9.00. The number of rotatable bonds is 2. The molecule has 120 valence electrons. The van der Waals surface area contributed by atoms with Crippen LogP contribution in [0.15, 0.2) is 28.7 Å². The predicted octanol–water partition coefficient (Wildman–Crippen LogP) is 4.39. The molecule has 23 heavy (non-hydrogen) atoms. The van der Waals surface area contributed by atoms with Crippen molar-refractivity contribution in [3.8, 4) is 22.6 Å². The molecule has 1 aliphatic heterocycles. The van der Waals surface area contributed by atoms with Gasteiger partial charge in [0, 0.05) is 22.6 Å². The number of hydrogen-bond donors (Lipinski definition) is 2. The lowest BCUT2D eigenvalue weighted by Gasteiger charge is -2.42. The molecule has 2 aliphatic rings. The number of halogens is 1. The van der Waals surface area contributed by atoms with Gasteiger partial charge < -0.3 is 10.2 Å². The average Bonchev–Trinajstić information content (AvgIpc) is 2.55. The number of fused-ring (bicyclic) bond motifs is 2. The zero-order valence-electron chi connectivity index (χ0n) is 13.1. The summed E-state index contributed by atoms with van der Waals surface area (Å²) in [7, 11) is 0. The SMILES string of the molecule is CCCN1CCc2cccc3c2C1Cc1c(Br)cc(O)c(O)c1-3. The van der Waals surface area contributed by atoms with Crippen molar-refractivity contribution < 1.29 is 10.2 Å². The van der Waals surface area contributed by atoms with Crippen LogP contribution in [0.1, 0.15) is 36.1 Å². The maximum atomic E-state index is 10.5. The minimum atomic E-state index is -0.0621. The monoisotopic (exact) mass is 373 g/mol. The highest BCUT2D eigenvalue weighted by Gasteiger charge is 2.36. The Hall–Kier alpha value is -1.52. The average molecular weight is 374 g/mol. The third-order valence-electron chi connectivity index (χ3n) is 5.15. The Balaban J connectivity index is 1.98. The lowest BCUT2D eigenvalue weighted by molar-refractivity contribution is 0.182. The largest absolute Gasteiger partial charge is 0.504 e. The summed E-state index contributed by atoms with van der Waals surface area (Å²) in [4.78, 5) is 2.56. The number of phenols is 2. The van der Waals surface area contributed by atoms with Gasteiger partial charge in [-0.3, -0.25) is 4.90 Å². The molecule has 4 rings (SSSR count). The van der Waals surface area contributed by atoms with Crippen molar-refractivity contribution in [3.05, 3.63) is 45.4 Å². The second-order valence-corrected chi connectivity index (χ2v) is 7.32. The van der Waals surface area contributed by atoms with E-state index in [0.717, 1.165) is 53.5 Å². The molecule has 0 aromatic heterocycles. The molecular formula is C19H20BrNO2. The normalized spacial score (nSPS) is 19.3. The Morgan fingerprint density at radius 3 is 2.91 bits per heavy atom. The standard InChI is InChI=1S/C19H20BrNO2/c1-2-7-21-8-6-11-4-3-5-12-17(11)15(21)9-13-14(20)10-16(22)19(23)18(12)13/h3-5,10,15,22-23H,2,6-9H2,1H3. The maximum absolute atomic E-state index is 10.5. The highest BCUT2D eigenvalue weighted by atomic mass is 79.9. The molecule has 1 aliphatic carbocycles. The summed E-state index contributed by atoms with van der Waals surface area (Å²) >= 11 is 3.58. The van der Waals surface area contributed by atoms with Crippen molar-refractivity contribution in [2.75, 3.05) is 13.1 Å². The third-order valence-corrected chi connectivity index (χ3v) is 5.86. The van der Waals surface area contributed by atoms with Crippen LogP contribution in [-0.4, -0.2) is 28.2 Å². The zero-order chi connectivity index (χ0) is 16.1. The Morgan fingerprint density at radius 2 is 2.13 bits per heavy atom. The second-order valence-electron chi connectivity index (χ2n) is 6.46. The van der Waals surface area contributed by atoms with E-state index in [2.05, 4.69) is 46.0 Å². The molecule has 2 aromatic rings. The maximum Gasteiger partial charge on any atom is 0.165 e. The topological polar surface area (TPSA) is 43.7 Å². The molecule has 4 heteroatoms. The van der Waals surface area contributed by atoms with Gasteiger partial charge in [-0.15, -0.1) is 0 Å². The molecule has 0 radical (unpaired) electrons. The van der Waals surface area contributed by atoms with Crippen LogP contribution >= 0.6 is 15.9 Å². The van der Waals surface area contributed by atoms with Crippen LogP contribution in [0.4, 0.5) is 0 Å². The number of nitrogens with zero attached hydrogens (tertiary/aromatic N) is 1. The van der Waals surface area contributed by atoms with E-state index in [1.165, 1.54) is 11.1 Å². The molecule has 1 heterocycles. The first kappa shape index (κ1) is 15.0. The van der Waals surface area contributed by atoms with E-state index in [-0.39, 0.29) is 11.5 Å². The summed E-state index contributed by atoms with van der Waals surface area (Å²) in [6, 6.07) is 8.31. The Bertz CT molecular complexity index is 787. The van der Waals surface area contributed by atoms with E-state index < -0.39 is 0 Å². The molecule has 3 nitrogen and oxygen atoms in total. The molecule has 0 saturated carbocycles. The van der Waals surface area contributed by atoms with Gasteiger partial charge in [-0.25, -0.2) is 0 Å². The van der Waals surface area contributed by atoms with Crippen LogP contribution in [0.25, 0.3) is 11.1 Å². The lowest BCUT2D eigenvalue weighted by Crippen LogP contribution is -2.38. The third kappa shape index (κ3) is 2.19. The zero-order valence-corrected chi connectivity index (χ0v) is 14.7. The summed E-state index contributed by atoms with van der Waals surface area (Å²) in [5.74, 6) is -0.0597. The summed E-state index contributed by atoms with van der Waals surface area (Å²) in [5, 5.41) is 20.5. The van der Waals surface area contributed by atoms with Gasteiger partial charge in [-0.2, -0.15) is 0 Å². The Labute approximate surface area is 144 Å². The van der Waals surface area contributed by atoms with E-state index in [4.69, 9.17) is 0 Å². The van der Waals surface area contributed by atoms with Gasteiger partial charge in [0.1, 0.15) is 0 Å². The van der Waals surface area contributed by atoms with Gasteiger partial charge in [0.25, 0.3) is 0 Å². The van der Waals surface area contributed by atoms with Gasteiger partial charge in [-0.1, -0.05) is 41.1 Å². The molecular weight excluding hydrogens is 354 g/mol. The fourth-order valence-corrected chi connectivity index (χ4v) is 4.76. The number of hydrogen-bond acceptors (Lipinski definition) is 3. The summed E-state index contributed by atoms with van der Waals surface area (Å²) in [6.07, 6.45) is 3.06. The summed E-state index contributed by atoms with van der Waals surface area (Å²) in [6.45, 7) is 4.40. The fraction of sp³-hybridized carbons (Fsp3) is 0.368. The minimum absolute atomic E-state index is 0.00247. The van der Waals surface area contributed by atoms with Crippen molar-refractivity contribution in [3.63, 3.8) is 0 Å². The smallest absolute Gasteiger partial charge is 0.165 e. The van der Waals surface area contributed by atoms with E-state index in [1.807, 2.05) is 0 Å². The van der Waals surface area contributed by atoms with Crippen molar-refractivity contribution >= 4 is 15.9 Å². The molecule has 0 spiro atoms. The molecule has 0 fully saturated rings. The van der Waals surface area contributed by atoms with E-state index in [9.17, 15) is 10.2 Å². The molecule has 0 bridgehead atoms. The Kier molecular flexibility index (Phi) is 3.62. The quantitative estimate of drug-likeness (QED) is 0.767. The Morgan fingerprint density at radius 1 is 1.30 bits per heavy atom. The van der Waals surface area contributed by atoms with E-state index in [0.29, 0.717) is 6.04 Å². The second kappa shape index (κ2) is 5.53.